The molecule has 0 saturated carbocycles. The highest BCUT2D eigenvalue weighted by Gasteiger charge is 2.13. The van der Waals surface area contributed by atoms with Crippen LogP contribution in [-0.2, 0) is 14.8 Å². The number of nitrogens with one attached hydrogen (secondary N) is 1. The second kappa shape index (κ2) is 7.52. The summed E-state index contributed by atoms with van der Waals surface area (Å²) >= 11 is 0. The van der Waals surface area contributed by atoms with E-state index in [2.05, 4.69) is 5.32 Å². The molecule has 0 aliphatic heterocycles. The molecule has 0 bridgehead atoms. The number of anilines is 1. The highest BCUT2D eigenvalue weighted by Crippen LogP contribution is 2.20. The minimum Gasteiger partial charge on any atom is -0.321 e. The number of amides is 1. The number of sulfonamides is 1. The fraction of sp³-hybridized carbons (Fsp3) is 0.158. The van der Waals surface area contributed by atoms with Gasteiger partial charge in [-0.05, 0) is 67.8 Å². The summed E-state index contributed by atoms with van der Waals surface area (Å²) in [5, 5.41) is 17.0. The van der Waals surface area contributed by atoms with Gasteiger partial charge in [0.1, 0.15) is 11.6 Å². The third-order valence-corrected chi connectivity index (χ3v) is 4.76. The third-order valence-electron chi connectivity index (χ3n) is 3.83. The zero-order valence-electron chi connectivity index (χ0n) is 14.7. The van der Waals surface area contributed by atoms with Gasteiger partial charge in [0.05, 0.1) is 4.90 Å². The highest BCUT2D eigenvalue weighted by molar-refractivity contribution is 7.89. The molecule has 0 aromatic heterocycles. The molecule has 0 spiro atoms. The molecule has 0 radical (unpaired) electrons. The molecule has 0 atom stereocenters. The van der Waals surface area contributed by atoms with E-state index in [9.17, 15) is 18.5 Å². The summed E-state index contributed by atoms with van der Waals surface area (Å²) in [5.74, 6) is -0.574. The lowest BCUT2D eigenvalue weighted by Gasteiger charge is -2.09. The maximum atomic E-state index is 12.4. The Bertz CT molecular complexity index is 1010. The lowest BCUT2D eigenvalue weighted by atomic mass is 9.98. The Morgan fingerprint density at radius 3 is 2.12 bits per heavy atom. The van der Waals surface area contributed by atoms with Crippen LogP contribution in [0, 0.1) is 32.1 Å². The van der Waals surface area contributed by atoms with Crippen LogP contribution in [0.25, 0.3) is 6.08 Å². The Morgan fingerprint density at radius 2 is 1.65 bits per heavy atom. The Labute approximate surface area is 153 Å². The lowest BCUT2D eigenvalue weighted by molar-refractivity contribution is -0.112. The van der Waals surface area contributed by atoms with Crippen molar-refractivity contribution in [2.75, 3.05) is 5.32 Å². The lowest BCUT2D eigenvalue weighted by Crippen LogP contribution is -2.15. The van der Waals surface area contributed by atoms with Gasteiger partial charge in [0.2, 0.25) is 10.0 Å². The maximum absolute atomic E-state index is 12.4. The van der Waals surface area contributed by atoms with Crippen molar-refractivity contribution < 1.29 is 13.2 Å². The molecule has 2 rings (SSSR count). The van der Waals surface area contributed by atoms with Crippen LogP contribution in [-0.4, -0.2) is 14.3 Å². The third kappa shape index (κ3) is 4.57. The van der Waals surface area contributed by atoms with Crippen molar-refractivity contribution in [2.45, 2.75) is 25.7 Å². The van der Waals surface area contributed by atoms with Gasteiger partial charge in [0.25, 0.3) is 5.91 Å². The molecule has 0 heterocycles. The predicted octanol–water partition coefficient (Wildman–Crippen LogP) is 2.80. The van der Waals surface area contributed by atoms with Gasteiger partial charge in [0.15, 0.2) is 0 Å². The van der Waals surface area contributed by atoms with Crippen LogP contribution < -0.4 is 10.5 Å². The number of nitriles is 1. The van der Waals surface area contributed by atoms with Gasteiger partial charge in [-0.3, -0.25) is 4.79 Å². The van der Waals surface area contributed by atoms with Gasteiger partial charge in [-0.25, -0.2) is 13.6 Å². The van der Waals surface area contributed by atoms with Crippen molar-refractivity contribution in [1.29, 1.82) is 5.26 Å². The van der Waals surface area contributed by atoms with Crippen LogP contribution in [0.5, 0.6) is 0 Å². The molecule has 26 heavy (non-hydrogen) atoms. The highest BCUT2D eigenvalue weighted by atomic mass is 32.2. The molecule has 134 valence electrons. The molecule has 0 saturated heterocycles. The number of aryl methyl sites for hydroxylation is 3. The molecule has 2 aromatic rings. The summed E-state index contributed by atoms with van der Waals surface area (Å²) < 4.78 is 22.5. The predicted molar refractivity (Wildman–Crippen MR) is 101 cm³/mol. The van der Waals surface area contributed by atoms with Crippen LogP contribution in [0.1, 0.15) is 22.3 Å². The summed E-state index contributed by atoms with van der Waals surface area (Å²) in [4.78, 5) is 12.3. The van der Waals surface area contributed by atoms with Crippen LogP contribution in [0.15, 0.2) is 46.9 Å². The van der Waals surface area contributed by atoms with Crippen LogP contribution >= 0.6 is 0 Å². The normalized spacial score (nSPS) is 11.7. The van der Waals surface area contributed by atoms with Crippen molar-refractivity contribution in [2.24, 2.45) is 5.14 Å². The average Bonchev–Trinajstić information content (AvgIpc) is 2.53. The SMILES string of the molecule is Cc1cc(C)c(C=C(C#N)C(=O)Nc2ccc(S(N)(=O)=O)cc2)c(C)c1. The number of hydrogen-bond acceptors (Lipinski definition) is 4. The first-order valence-corrected chi connectivity index (χ1v) is 9.30. The van der Waals surface area contributed by atoms with E-state index in [4.69, 9.17) is 5.14 Å². The van der Waals surface area contributed by atoms with Crippen molar-refractivity contribution in [3.05, 3.63) is 64.2 Å². The van der Waals surface area contributed by atoms with Gasteiger partial charge in [-0.15, -0.1) is 0 Å². The van der Waals surface area contributed by atoms with Crippen molar-refractivity contribution >= 4 is 27.7 Å². The molecule has 2 aromatic carbocycles. The number of carbonyl (C=O) groups is 1. The first kappa shape index (κ1) is 19.4. The second-order valence-electron chi connectivity index (χ2n) is 6.01. The summed E-state index contributed by atoms with van der Waals surface area (Å²) in [5.41, 5.74) is 4.19. The minimum atomic E-state index is -3.80. The van der Waals surface area contributed by atoms with Gasteiger partial charge in [0, 0.05) is 5.69 Å². The molecule has 1 amide bonds. The van der Waals surface area contributed by atoms with E-state index in [0.29, 0.717) is 5.69 Å². The molecule has 0 aliphatic carbocycles. The van der Waals surface area contributed by atoms with Gasteiger partial charge in [-0.1, -0.05) is 17.7 Å². The zero-order valence-corrected chi connectivity index (χ0v) is 15.5. The first-order valence-electron chi connectivity index (χ1n) is 7.75. The standard InChI is InChI=1S/C19H19N3O3S/c1-12-8-13(2)18(14(3)9-12)10-15(11-20)19(23)22-16-4-6-17(7-5-16)26(21,24)25/h4-10H,1-3H3,(H,22,23)(H2,21,24,25). The van der Waals surface area contributed by atoms with Crippen LogP contribution in [0.2, 0.25) is 0 Å². The van der Waals surface area contributed by atoms with Gasteiger partial charge in [-0.2, -0.15) is 5.26 Å². The minimum absolute atomic E-state index is 0.0458. The van der Waals surface area contributed by atoms with Crippen LogP contribution in [0.4, 0.5) is 5.69 Å². The fourth-order valence-corrected chi connectivity index (χ4v) is 3.15. The average molecular weight is 369 g/mol. The maximum Gasteiger partial charge on any atom is 0.266 e. The second-order valence-corrected chi connectivity index (χ2v) is 7.57. The topological polar surface area (TPSA) is 113 Å². The molecule has 0 fully saturated rings. The summed E-state index contributed by atoms with van der Waals surface area (Å²) in [6, 6.07) is 11.3. The van der Waals surface area contributed by atoms with E-state index in [1.54, 1.807) is 6.08 Å². The van der Waals surface area contributed by atoms with Crippen LogP contribution in [0.3, 0.4) is 0 Å². The first-order chi connectivity index (χ1) is 12.1. The molecule has 0 unspecified atom stereocenters. The number of rotatable bonds is 4. The number of primary sulfonamides is 1. The monoisotopic (exact) mass is 369 g/mol. The van der Waals surface area contributed by atoms with Crippen molar-refractivity contribution in [3.8, 4) is 6.07 Å². The Balaban J connectivity index is 2.29. The fourth-order valence-electron chi connectivity index (χ4n) is 2.64. The summed E-state index contributed by atoms with van der Waals surface area (Å²) in [7, 11) is -3.80. The molecule has 0 aliphatic rings. The molecular weight excluding hydrogens is 350 g/mol. The number of nitrogens with zero attached hydrogens (tertiary/aromatic N) is 1. The molecule has 3 N–H and O–H groups in total. The molecular formula is C19H19N3O3S. The van der Waals surface area contributed by atoms with Crippen molar-refractivity contribution in [3.63, 3.8) is 0 Å². The van der Waals surface area contributed by atoms with E-state index in [0.717, 1.165) is 22.3 Å². The number of benzene rings is 2. The Morgan fingerprint density at radius 1 is 1.12 bits per heavy atom. The van der Waals surface area contributed by atoms with Crippen molar-refractivity contribution in [1.82, 2.24) is 0 Å². The van der Waals surface area contributed by atoms with E-state index in [-0.39, 0.29) is 10.5 Å². The van der Waals surface area contributed by atoms with E-state index >= 15 is 0 Å². The number of carbonyl (C=O) groups excluding carboxylic acids is 1. The Hall–Kier alpha value is -2.95. The van der Waals surface area contributed by atoms with Gasteiger partial charge >= 0.3 is 0 Å². The smallest absolute Gasteiger partial charge is 0.266 e. The molecule has 7 heteroatoms. The summed E-state index contributed by atoms with van der Waals surface area (Å²) in [6.07, 6.45) is 1.55. The van der Waals surface area contributed by atoms with E-state index < -0.39 is 15.9 Å². The van der Waals surface area contributed by atoms with Gasteiger partial charge < -0.3 is 5.32 Å². The quantitative estimate of drug-likeness (QED) is 0.637. The van der Waals surface area contributed by atoms with E-state index in [1.165, 1.54) is 24.3 Å². The van der Waals surface area contributed by atoms with E-state index in [1.807, 2.05) is 39.0 Å². The summed E-state index contributed by atoms with van der Waals surface area (Å²) in [6.45, 7) is 5.83. The number of nitrogens with two attached hydrogens (primary N) is 1. The Kier molecular flexibility index (Phi) is 5.60. The molecule has 6 nitrogen and oxygen atoms in total. The number of hydrogen-bond donors (Lipinski definition) is 2. The largest absolute Gasteiger partial charge is 0.321 e. The zero-order chi connectivity index (χ0) is 19.5.